The molecule has 9 heteroatoms. The molecule has 1 rings (SSSR count). The molecule has 2 amide bonds. The van der Waals surface area contributed by atoms with Crippen LogP contribution in [0.1, 0.15) is 0 Å². The van der Waals surface area contributed by atoms with E-state index < -0.39 is 22.5 Å². The van der Waals surface area contributed by atoms with Gasteiger partial charge in [0.05, 0.1) is 16.2 Å². The molecule has 0 saturated carbocycles. The van der Waals surface area contributed by atoms with Crippen molar-refractivity contribution in [2.45, 2.75) is 0 Å². The van der Waals surface area contributed by atoms with Crippen LogP contribution in [0, 0.1) is 15.9 Å². The van der Waals surface area contributed by atoms with Crippen LogP contribution in [0.15, 0.2) is 23.4 Å². The lowest BCUT2D eigenvalue weighted by atomic mass is 10.2. The molecule has 4 N–H and O–H groups in total. The molecule has 0 aliphatic rings. The molecule has 0 atom stereocenters. The van der Waals surface area contributed by atoms with Crippen LogP contribution in [-0.4, -0.2) is 11.0 Å². The monoisotopic (exact) mass is 228 g/mol. The lowest BCUT2D eigenvalue weighted by molar-refractivity contribution is -0.387. The number of rotatable bonds is 3. The zero-order valence-electron chi connectivity index (χ0n) is 7.83. The summed E-state index contributed by atoms with van der Waals surface area (Å²) in [5.74, 6) is -1.03. The van der Waals surface area contributed by atoms with Gasteiger partial charge >= 0.3 is 11.7 Å². The molecule has 0 spiro atoms. The average Bonchev–Trinajstić information content (AvgIpc) is 2.20. The molecule has 0 aromatic heterocycles. The number of anilines is 1. The van der Waals surface area contributed by atoms with Crippen molar-refractivity contribution < 1.29 is 19.6 Å². The van der Waals surface area contributed by atoms with Crippen molar-refractivity contribution in [1.82, 2.24) is 0 Å². The molecule has 0 bridgehead atoms. The van der Waals surface area contributed by atoms with Gasteiger partial charge in [0.2, 0.25) is 5.82 Å². The number of amides is 2. The molecule has 0 unspecified atom stereocenters. The van der Waals surface area contributed by atoms with Gasteiger partial charge in [0.15, 0.2) is 5.69 Å². The van der Waals surface area contributed by atoms with E-state index >= 15 is 0 Å². The molecule has 0 heterocycles. The number of primary amides is 1. The average molecular weight is 228 g/mol. The van der Waals surface area contributed by atoms with Gasteiger partial charge in [-0.25, -0.2) is 4.79 Å². The number of hydrogen-bond acceptors (Lipinski definition) is 4. The van der Waals surface area contributed by atoms with Crippen LogP contribution >= 0.6 is 0 Å². The zero-order valence-corrected chi connectivity index (χ0v) is 7.83. The first-order valence-corrected chi connectivity index (χ1v) is 3.91. The molecular weight excluding hydrogens is 221 g/mol. The summed E-state index contributed by atoms with van der Waals surface area (Å²) in [6.07, 6.45) is 0. The van der Waals surface area contributed by atoms with Gasteiger partial charge in [-0.2, -0.15) is 9.92 Å². The second kappa shape index (κ2) is 4.29. The summed E-state index contributed by atoms with van der Waals surface area (Å²) < 4.78 is 13.0. The Labute approximate surface area is 88.1 Å². The summed E-state index contributed by atoms with van der Waals surface area (Å²) in [5, 5.41) is 13.9. The first-order valence-electron chi connectivity index (χ1n) is 3.91. The molecule has 8 nitrogen and oxygen atoms in total. The van der Waals surface area contributed by atoms with Crippen molar-refractivity contribution in [2.75, 3.05) is 5.01 Å². The van der Waals surface area contributed by atoms with Crippen molar-refractivity contribution in [3.63, 3.8) is 0 Å². The highest BCUT2D eigenvalue weighted by atomic mass is 19.1. The fraction of sp³-hybridized carbons (Fsp3) is 0. The minimum absolute atomic E-state index is 0.0944. The zero-order chi connectivity index (χ0) is 12.3. The Morgan fingerprint density at radius 1 is 1.62 bits per heavy atom. The van der Waals surface area contributed by atoms with Gasteiger partial charge < -0.3 is 5.73 Å². The third-order valence-corrected chi connectivity index (χ3v) is 1.70. The third-order valence-electron chi connectivity index (χ3n) is 1.70. The molecule has 0 aliphatic heterocycles. The molecule has 0 aliphatic carbocycles. The van der Waals surface area contributed by atoms with Gasteiger partial charge in [-0.05, 0) is 17.1 Å². The highest BCUT2D eigenvalue weighted by molar-refractivity contribution is 5.90. The topological polar surface area (TPSA) is 127 Å². The number of urea groups is 1. The molecular formula is C7H7FN5O3+. The van der Waals surface area contributed by atoms with E-state index in [0.29, 0.717) is 5.01 Å². The number of halogens is 1. The second-order valence-corrected chi connectivity index (χ2v) is 2.66. The van der Waals surface area contributed by atoms with E-state index in [-0.39, 0.29) is 5.69 Å². The summed E-state index contributed by atoms with van der Waals surface area (Å²) in [6.45, 7) is 0. The highest BCUT2D eigenvalue weighted by Crippen LogP contribution is 2.24. The molecule has 0 fully saturated rings. The van der Waals surface area contributed by atoms with E-state index in [1.807, 2.05) is 0 Å². The van der Waals surface area contributed by atoms with Crippen LogP contribution in [-0.2, 0) is 0 Å². The summed E-state index contributed by atoms with van der Waals surface area (Å²) >= 11 is 0. The highest BCUT2D eigenvalue weighted by Gasteiger charge is 2.24. The summed E-state index contributed by atoms with van der Waals surface area (Å²) in [4.78, 5) is 20.3. The number of nitrogens with two attached hydrogens (primary N) is 2. The number of nitrogens with zero attached hydrogens (tertiary/aromatic N) is 3. The van der Waals surface area contributed by atoms with Crippen LogP contribution in [0.4, 0.5) is 20.6 Å². The van der Waals surface area contributed by atoms with Crippen LogP contribution in [0.2, 0.25) is 0 Å². The lowest BCUT2D eigenvalue weighted by Gasteiger charge is -2.03. The minimum atomic E-state index is -1.04. The summed E-state index contributed by atoms with van der Waals surface area (Å²) in [6, 6.07) is 1.66. The van der Waals surface area contributed by atoms with E-state index in [9.17, 15) is 19.3 Å². The Bertz CT molecular complexity index is 463. The SMILES string of the molecule is NC(=O)N(N=[NH2+])c1ccc(F)c([N+](=O)[O-])c1. The summed E-state index contributed by atoms with van der Waals surface area (Å²) in [5.41, 5.74) is 8.86. The van der Waals surface area contributed by atoms with Gasteiger partial charge in [-0.15, -0.1) is 0 Å². The Morgan fingerprint density at radius 2 is 2.25 bits per heavy atom. The van der Waals surface area contributed by atoms with Crippen molar-refractivity contribution in [3.8, 4) is 0 Å². The predicted molar refractivity (Wildman–Crippen MR) is 49.5 cm³/mol. The number of carbonyl (C=O) groups excluding carboxylic acids is 1. The van der Waals surface area contributed by atoms with E-state index in [1.165, 1.54) is 0 Å². The van der Waals surface area contributed by atoms with Crippen molar-refractivity contribution in [2.24, 2.45) is 11.0 Å². The standard InChI is InChI=1S/C7H6FN5O3/c8-5-2-1-4(3-6(5)13(15)16)12(11-10)7(9)14/h1-3,10H,(H2,9,14)/p+1. The Hall–Kier alpha value is -2.58. The van der Waals surface area contributed by atoms with Crippen molar-refractivity contribution in [3.05, 3.63) is 34.1 Å². The third kappa shape index (κ3) is 2.08. The van der Waals surface area contributed by atoms with Gasteiger partial charge in [-0.1, -0.05) is 0 Å². The fourth-order valence-electron chi connectivity index (χ4n) is 1.02. The van der Waals surface area contributed by atoms with Gasteiger partial charge in [0, 0.05) is 0 Å². The molecule has 16 heavy (non-hydrogen) atoms. The predicted octanol–water partition coefficient (Wildman–Crippen LogP) is -0.255. The van der Waals surface area contributed by atoms with Gasteiger partial charge in [0.1, 0.15) is 0 Å². The molecule has 1 aromatic carbocycles. The second-order valence-electron chi connectivity index (χ2n) is 2.66. The summed E-state index contributed by atoms with van der Waals surface area (Å²) in [7, 11) is 0. The minimum Gasteiger partial charge on any atom is -0.329 e. The first kappa shape index (κ1) is 11.5. The fourth-order valence-corrected chi connectivity index (χ4v) is 1.02. The quantitative estimate of drug-likeness (QED) is 0.420. The first-order chi connectivity index (χ1) is 7.47. The van der Waals surface area contributed by atoms with Crippen LogP contribution < -0.4 is 16.3 Å². The maximum atomic E-state index is 13.0. The Morgan fingerprint density at radius 3 is 2.69 bits per heavy atom. The van der Waals surface area contributed by atoms with Gasteiger partial charge in [-0.3, -0.25) is 10.1 Å². The van der Waals surface area contributed by atoms with Crippen LogP contribution in [0.25, 0.3) is 0 Å². The number of benzene rings is 1. The van der Waals surface area contributed by atoms with Crippen LogP contribution in [0.3, 0.4) is 0 Å². The Kier molecular flexibility index (Phi) is 3.09. The molecule has 0 radical (unpaired) electrons. The number of nitro groups is 1. The van der Waals surface area contributed by atoms with E-state index in [2.05, 4.69) is 5.22 Å². The normalized spacial score (nSPS) is 9.56. The lowest BCUT2D eigenvalue weighted by Crippen LogP contribution is -2.40. The van der Waals surface area contributed by atoms with E-state index in [0.717, 1.165) is 18.2 Å². The maximum absolute atomic E-state index is 13.0. The number of nitro benzene ring substituents is 1. The molecule has 84 valence electrons. The van der Waals surface area contributed by atoms with E-state index in [4.69, 9.17) is 11.3 Å². The molecule has 0 saturated heterocycles. The number of hydrogen-bond donors (Lipinski definition) is 2. The van der Waals surface area contributed by atoms with E-state index in [1.54, 1.807) is 0 Å². The largest absolute Gasteiger partial charge is 0.431 e. The van der Waals surface area contributed by atoms with Gasteiger partial charge in [0.25, 0.3) is 0 Å². The number of carbonyl (C=O) groups is 1. The maximum Gasteiger partial charge on any atom is 0.431 e. The van der Waals surface area contributed by atoms with Crippen LogP contribution in [0.5, 0.6) is 0 Å². The molecule has 1 aromatic rings. The van der Waals surface area contributed by atoms with Crippen molar-refractivity contribution in [1.29, 1.82) is 0 Å². The smallest absolute Gasteiger partial charge is 0.329 e. The van der Waals surface area contributed by atoms with Crippen molar-refractivity contribution >= 4 is 17.4 Å². The Balaban J connectivity index is 3.26.